The molecule has 0 amide bonds. The summed E-state index contributed by atoms with van der Waals surface area (Å²) in [6, 6.07) is 4.25. The van der Waals surface area contributed by atoms with Crippen LogP contribution in [0.5, 0.6) is 5.75 Å². The van der Waals surface area contributed by atoms with Gasteiger partial charge in [-0.3, -0.25) is 4.99 Å². The molecule has 3 nitrogen and oxygen atoms in total. The molecule has 98 valence electrons. The lowest BCUT2D eigenvalue weighted by atomic mass is 10.2. The fourth-order valence-corrected chi connectivity index (χ4v) is 2.96. The van der Waals surface area contributed by atoms with Crippen LogP contribution in [0.2, 0.25) is 5.02 Å². The third-order valence-electron chi connectivity index (χ3n) is 2.91. The zero-order chi connectivity index (χ0) is 13.1. The zero-order valence-electron chi connectivity index (χ0n) is 10.8. The second kappa shape index (κ2) is 5.85. The minimum absolute atomic E-state index is 0.428. The maximum Gasteiger partial charge on any atom is 0.161 e. The van der Waals surface area contributed by atoms with E-state index >= 15 is 0 Å². The molecule has 1 aromatic carbocycles. The first-order valence-electron chi connectivity index (χ1n) is 5.95. The zero-order valence-corrected chi connectivity index (χ0v) is 12.4. The summed E-state index contributed by atoms with van der Waals surface area (Å²) in [6.07, 6.45) is 1.08. The molecule has 1 aromatic rings. The Morgan fingerprint density at radius 1 is 1.56 bits per heavy atom. The quantitative estimate of drug-likeness (QED) is 0.912. The highest BCUT2D eigenvalue weighted by Crippen LogP contribution is 2.32. The number of rotatable bonds is 3. The summed E-state index contributed by atoms with van der Waals surface area (Å²) in [6.45, 7) is 4.14. The van der Waals surface area contributed by atoms with Crippen molar-refractivity contribution in [3.05, 3.63) is 22.7 Å². The second-order valence-electron chi connectivity index (χ2n) is 4.23. The van der Waals surface area contributed by atoms with Gasteiger partial charge >= 0.3 is 0 Å². The van der Waals surface area contributed by atoms with Crippen LogP contribution in [-0.2, 0) is 0 Å². The third-order valence-corrected chi connectivity index (χ3v) is 4.35. The van der Waals surface area contributed by atoms with E-state index in [1.165, 1.54) is 0 Å². The molecule has 0 saturated carbocycles. The van der Waals surface area contributed by atoms with Crippen LogP contribution in [0, 0.1) is 6.92 Å². The number of methoxy groups -OCH3 is 1. The van der Waals surface area contributed by atoms with E-state index in [1.54, 1.807) is 18.9 Å². The summed E-state index contributed by atoms with van der Waals surface area (Å²) in [5.74, 6) is 1.79. The van der Waals surface area contributed by atoms with Crippen LogP contribution in [0.25, 0.3) is 0 Å². The molecule has 1 atom stereocenters. The Balaban J connectivity index is 2.21. The fraction of sp³-hybridized carbons (Fsp3) is 0.462. The molecule has 0 radical (unpaired) electrons. The van der Waals surface area contributed by atoms with Gasteiger partial charge in [0.2, 0.25) is 0 Å². The monoisotopic (exact) mass is 284 g/mol. The van der Waals surface area contributed by atoms with Crippen molar-refractivity contribution in [3.63, 3.8) is 0 Å². The first kappa shape index (κ1) is 13.6. The average molecular weight is 285 g/mol. The predicted octanol–water partition coefficient (Wildman–Crippen LogP) is 3.95. The molecule has 0 saturated heterocycles. The summed E-state index contributed by atoms with van der Waals surface area (Å²) >= 11 is 7.83. The molecule has 0 fully saturated rings. The lowest BCUT2D eigenvalue weighted by Gasteiger charge is -2.12. The molecule has 2 rings (SSSR count). The highest BCUT2D eigenvalue weighted by atomic mass is 35.5. The van der Waals surface area contributed by atoms with Gasteiger partial charge in [-0.2, -0.15) is 0 Å². The summed E-state index contributed by atoms with van der Waals surface area (Å²) in [5, 5.41) is 4.99. The van der Waals surface area contributed by atoms with Gasteiger partial charge in [-0.15, -0.1) is 0 Å². The number of benzene rings is 1. The number of anilines is 1. The first-order valence-corrected chi connectivity index (χ1v) is 7.32. The molecule has 0 spiro atoms. The van der Waals surface area contributed by atoms with Crippen LogP contribution >= 0.6 is 23.4 Å². The molecule has 1 aliphatic heterocycles. The van der Waals surface area contributed by atoms with Crippen LogP contribution in [0.1, 0.15) is 18.9 Å². The van der Waals surface area contributed by atoms with Crippen molar-refractivity contribution in [3.8, 4) is 5.75 Å². The Kier molecular flexibility index (Phi) is 4.40. The molecule has 0 aromatic heterocycles. The lowest BCUT2D eigenvalue weighted by Crippen LogP contribution is -2.07. The number of aliphatic imine (C=N–C) groups is 1. The van der Waals surface area contributed by atoms with Gasteiger partial charge < -0.3 is 10.1 Å². The summed E-state index contributed by atoms with van der Waals surface area (Å²) in [5.41, 5.74) is 1.94. The fourth-order valence-electron chi connectivity index (χ4n) is 1.74. The van der Waals surface area contributed by atoms with Crippen molar-refractivity contribution < 1.29 is 4.74 Å². The third kappa shape index (κ3) is 2.93. The van der Waals surface area contributed by atoms with Gasteiger partial charge in [0.05, 0.1) is 18.8 Å². The number of halogens is 1. The number of ether oxygens (including phenoxy) is 1. The molecule has 1 aliphatic rings. The number of hydrogen-bond donors (Lipinski definition) is 1. The standard InChI is InChI=1S/C13H17ClN2OS/c1-4-9-7-18-13(15-9)16-11-5-8(2)10(14)6-12(11)17-3/h5-6,9H,4,7H2,1-3H3,(H,15,16). The topological polar surface area (TPSA) is 33.6 Å². The number of aryl methyl sites for hydroxylation is 1. The van der Waals surface area contributed by atoms with Gasteiger partial charge in [0.1, 0.15) is 5.75 Å². The van der Waals surface area contributed by atoms with Crippen LogP contribution in [0.4, 0.5) is 5.69 Å². The molecular formula is C13H17ClN2OS. The van der Waals surface area contributed by atoms with E-state index in [0.29, 0.717) is 11.1 Å². The largest absolute Gasteiger partial charge is 0.495 e. The van der Waals surface area contributed by atoms with Crippen LogP contribution in [-0.4, -0.2) is 24.1 Å². The van der Waals surface area contributed by atoms with E-state index < -0.39 is 0 Å². The maximum absolute atomic E-state index is 6.08. The molecule has 1 heterocycles. The Morgan fingerprint density at radius 2 is 2.33 bits per heavy atom. The van der Waals surface area contributed by atoms with Gasteiger partial charge in [-0.05, 0) is 25.0 Å². The van der Waals surface area contributed by atoms with E-state index in [0.717, 1.165) is 34.3 Å². The summed E-state index contributed by atoms with van der Waals surface area (Å²) < 4.78 is 5.33. The Labute approximate surface area is 117 Å². The van der Waals surface area contributed by atoms with Gasteiger partial charge in [0.15, 0.2) is 5.17 Å². The number of hydrogen-bond acceptors (Lipinski definition) is 4. The van der Waals surface area contributed by atoms with Crippen LogP contribution < -0.4 is 10.1 Å². The Morgan fingerprint density at radius 3 is 2.94 bits per heavy atom. The van der Waals surface area contributed by atoms with E-state index in [-0.39, 0.29) is 0 Å². The minimum Gasteiger partial charge on any atom is -0.495 e. The minimum atomic E-state index is 0.428. The van der Waals surface area contributed by atoms with E-state index in [2.05, 4.69) is 17.2 Å². The summed E-state index contributed by atoms with van der Waals surface area (Å²) in [7, 11) is 1.64. The SMILES string of the molecule is CCC1CSC(Nc2cc(C)c(Cl)cc2OC)=N1. The highest BCUT2D eigenvalue weighted by Gasteiger charge is 2.18. The molecule has 0 bridgehead atoms. The Hall–Kier alpha value is -0.870. The summed E-state index contributed by atoms with van der Waals surface area (Å²) in [4.78, 5) is 4.61. The second-order valence-corrected chi connectivity index (χ2v) is 5.65. The molecule has 1 N–H and O–H groups in total. The normalized spacial score (nSPS) is 18.7. The molecule has 0 aliphatic carbocycles. The lowest BCUT2D eigenvalue weighted by molar-refractivity contribution is 0.417. The smallest absolute Gasteiger partial charge is 0.161 e. The maximum atomic E-state index is 6.08. The van der Waals surface area contributed by atoms with Gasteiger partial charge in [-0.1, -0.05) is 30.3 Å². The predicted molar refractivity (Wildman–Crippen MR) is 80.3 cm³/mol. The van der Waals surface area contributed by atoms with Crippen molar-refractivity contribution >= 4 is 34.2 Å². The van der Waals surface area contributed by atoms with E-state index in [9.17, 15) is 0 Å². The van der Waals surface area contributed by atoms with Crippen molar-refractivity contribution in [2.24, 2.45) is 4.99 Å². The van der Waals surface area contributed by atoms with E-state index in [1.807, 2.05) is 19.1 Å². The first-order chi connectivity index (χ1) is 8.63. The molecule has 18 heavy (non-hydrogen) atoms. The molecule has 1 unspecified atom stereocenters. The number of nitrogens with zero attached hydrogens (tertiary/aromatic N) is 1. The van der Waals surface area contributed by atoms with Crippen molar-refractivity contribution in [2.75, 3.05) is 18.2 Å². The highest BCUT2D eigenvalue weighted by molar-refractivity contribution is 8.14. The molecule has 5 heteroatoms. The van der Waals surface area contributed by atoms with Crippen LogP contribution in [0.3, 0.4) is 0 Å². The van der Waals surface area contributed by atoms with Crippen molar-refractivity contribution in [1.29, 1.82) is 0 Å². The van der Waals surface area contributed by atoms with Gasteiger partial charge in [0.25, 0.3) is 0 Å². The number of thioether (sulfide) groups is 1. The number of amidine groups is 1. The van der Waals surface area contributed by atoms with Crippen LogP contribution in [0.15, 0.2) is 17.1 Å². The van der Waals surface area contributed by atoms with Crippen molar-refractivity contribution in [1.82, 2.24) is 0 Å². The number of nitrogens with one attached hydrogen (secondary N) is 1. The van der Waals surface area contributed by atoms with Gasteiger partial charge in [-0.25, -0.2) is 0 Å². The van der Waals surface area contributed by atoms with E-state index in [4.69, 9.17) is 16.3 Å². The van der Waals surface area contributed by atoms with Gasteiger partial charge in [0, 0.05) is 16.8 Å². The van der Waals surface area contributed by atoms with Crippen molar-refractivity contribution in [2.45, 2.75) is 26.3 Å². The molecular weight excluding hydrogens is 268 g/mol. The Bertz CT molecular complexity index is 476. The average Bonchev–Trinajstić information content (AvgIpc) is 2.81.